The van der Waals surface area contributed by atoms with Crippen LogP contribution in [0.4, 0.5) is 5.69 Å². The molecule has 1 aromatic heterocycles. The second-order valence-corrected chi connectivity index (χ2v) is 3.63. The Morgan fingerprint density at radius 2 is 2.00 bits per heavy atom. The van der Waals surface area contributed by atoms with Crippen LogP contribution in [0.1, 0.15) is 10.5 Å². The zero-order chi connectivity index (χ0) is 11.4. The van der Waals surface area contributed by atoms with Crippen LogP contribution < -0.4 is 10.2 Å². The number of methoxy groups -OCH3 is 1. The minimum atomic E-state index is -0.396. The first-order valence-corrected chi connectivity index (χ1v) is 5.31. The highest BCUT2D eigenvalue weighted by Crippen LogP contribution is 2.13. The summed E-state index contributed by atoms with van der Waals surface area (Å²) >= 11 is 0. The van der Waals surface area contributed by atoms with Crippen LogP contribution in [0.5, 0.6) is 0 Å². The Labute approximate surface area is 119 Å². The van der Waals surface area contributed by atoms with Crippen molar-refractivity contribution in [3.05, 3.63) is 24.0 Å². The third-order valence-electron chi connectivity index (χ3n) is 2.62. The molecule has 102 valence electrons. The molecular formula is C11H17Cl2N3O2. The molecule has 0 aromatic carbocycles. The molecule has 5 nitrogen and oxygen atoms in total. The number of rotatable bonds is 2. The fourth-order valence-corrected chi connectivity index (χ4v) is 1.72. The van der Waals surface area contributed by atoms with Gasteiger partial charge in [0, 0.05) is 26.2 Å². The molecule has 0 bridgehead atoms. The summed E-state index contributed by atoms with van der Waals surface area (Å²) in [4.78, 5) is 17.5. The van der Waals surface area contributed by atoms with Crippen LogP contribution in [0.2, 0.25) is 0 Å². The first-order valence-electron chi connectivity index (χ1n) is 5.31. The molecule has 1 aromatic rings. The summed E-state index contributed by atoms with van der Waals surface area (Å²) < 4.78 is 4.60. The molecule has 0 spiro atoms. The predicted octanol–water partition coefficient (Wildman–Crippen LogP) is 1.12. The first-order chi connectivity index (χ1) is 7.81. The summed E-state index contributed by atoms with van der Waals surface area (Å²) in [6, 6.07) is 3.60. The molecule has 0 saturated carbocycles. The predicted molar refractivity (Wildman–Crippen MR) is 75.2 cm³/mol. The van der Waals surface area contributed by atoms with Crippen LogP contribution in [0, 0.1) is 0 Å². The average Bonchev–Trinajstić information content (AvgIpc) is 2.39. The summed E-state index contributed by atoms with van der Waals surface area (Å²) in [5.41, 5.74) is 1.40. The molecule has 0 unspecified atom stereocenters. The van der Waals surface area contributed by atoms with Gasteiger partial charge in [-0.3, -0.25) is 0 Å². The number of pyridine rings is 1. The van der Waals surface area contributed by atoms with Crippen molar-refractivity contribution in [3.8, 4) is 0 Å². The maximum absolute atomic E-state index is 11.2. The second-order valence-electron chi connectivity index (χ2n) is 3.63. The number of hydrogen-bond donors (Lipinski definition) is 1. The topological polar surface area (TPSA) is 54.5 Å². The van der Waals surface area contributed by atoms with Gasteiger partial charge in [0.05, 0.1) is 19.0 Å². The fourth-order valence-electron chi connectivity index (χ4n) is 1.72. The highest BCUT2D eigenvalue weighted by atomic mass is 35.5. The van der Waals surface area contributed by atoms with E-state index in [9.17, 15) is 4.79 Å². The number of ether oxygens (including phenoxy) is 1. The van der Waals surface area contributed by atoms with Crippen molar-refractivity contribution in [1.82, 2.24) is 10.3 Å². The van der Waals surface area contributed by atoms with Crippen molar-refractivity contribution < 1.29 is 9.53 Å². The van der Waals surface area contributed by atoms with E-state index in [4.69, 9.17) is 0 Å². The molecule has 18 heavy (non-hydrogen) atoms. The SMILES string of the molecule is COC(=O)c1ccc(N2CCNCC2)cn1.Cl.Cl. The van der Waals surface area contributed by atoms with E-state index in [1.807, 2.05) is 6.07 Å². The number of piperazine rings is 1. The van der Waals surface area contributed by atoms with Gasteiger partial charge in [-0.1, -0.05) is 0 Å². The van der Waals surface area contributed by atoms with Gasteiger partial charge < -0.3 is 15.0 Å². The van der Waals surface area contributed by atoms with Gasteiger partial charge in [-0.15, -0.1) is 24.8 Å². The molecule has 2 heterocycles. The molecule has 1 saturated heterocycles. The Bertz CT molecular complexity index is 367. The highest BCUT2D eigenvalue weighted by molar-refractivity contribution is 5.87. The third-order valence-corrected chi connectivity index (χ3v) is 2.62. The average molecular weight is 294 g/mol. The summed E-state index contributed by atoms with van der Waals surface area (Å²) in [5, 5.41) is 3.29. The lowest BCUT2D eigenvalue weighted by Gasteiger charge is -2.29. The van der Waals surface area contributed by atoms with Gasteiger partial charge in [0.15, 0.2) is 0 Å². The minimum absolute atomic E-state index is 0. The summed E-state index contributed by atoms with van der Waals surface area (Å²) in [6.07, 6.45) is 1.72. The molecule has 1 aliphatic heterocycles. The Kier molecular flexibility index (Phi) is 7.66. The van der Waals surface area contributed by atoms with Crippen molar-refractivity contribution in [2.45, 2.75) is 0 Å². The van der Waals surface area contributed by atoms with E-state index in [0.717, 1.165) is 31.9 Å². The molecular weight excluding hydrogens is 277 g/mol. The number of halogens is 2. The summed E-state index contributed by atoms with van der Waals surface area (Å²) in [6.45, 7) is 3.91. The molecule has 2 rings (SSSR count). The largest absolute Gasteiger partial charge is 0.464 e. The second kappa shape index (κ2) is 8.13. The summed E-state index contributed by atoms with van der Waals surface area (Å²) in [5.74, 6) is -0.396. The molecule has 1 fully saturated rings. The van der Waals surface area contributed by atoms with Crippen LogP contribution in [0.3, 0.4) is 0 Å². The van der Waals surface area contributed by atoms with E-state index in [-0.39, 0.29) is 24.8 Å². The van der Waals surface area contributed by atoms with Gasteiger partial charge in [0.2, 0.25) is 0 Å². The minimum Gasteiger partial charge on any atom is -0.464 e. The van der Waals surface area contributed by atoms with E-state index in [0.29, 0.717) is 5.69 Å². The summed E-state index contributed by atoms with van der Waals surface area (Å²) in [7, 11) is 1.36. The number of aromatic nitrogens is 1. The van der Waals surface area contributed by atoms with Crippen molar-refractivity contribution in [3.63, 3.8) is 0 Å². The number of carbonyl (C=O) groups is 1. The van der Waals surface area contributed by atoms with Crippen LogP contribution in [0.25, 0.3) is 0 Å². The van der Waals surface area contributed by atoms with Gasteiger partial charge in [0.1, 0.15) is 5.69 Å². The lowest BCUT2D eigenvalue weighted by atomic mass is 10.3. The maximum Gasteiger partial charge on any atom is 0.356 e. The number of carbonyl (C=O) groups excluding carboxylic acids is 1. The van der Waals surface area contributed by atoms with Crippen molar-refractivity contribution in [1.29, 1.82) is 0 Å². The van der Waals surface area contributed by atoms with Crippen molar-refractivity contribution in [2.24, 2.45) is 0 Å². The monoisotopic (exact) mass is 293 g/mol. The third kappa shape index (κ3) is 4.01. The Morgan fingerprint density at radius 1 is 1.33 bits per heavy atom. The van der Waals surface area contributed by atoms with E-state index in [2.05, 4.69) is 19.9 Å². The number of nitrogens with zero attached hydrogens (tertiary/aromatic N) is 2. The lowest BCUT2D eigenvalue weighted by molar-refractivity contribution is 0.0594. The number of nitrogens with one attached hydrogen (secondary N) is 1. The van der Waals surface area contributed by atoms with E-state index in [1.54, 1.807) is 12.3 Å². The molecule has 0 aliphatic carbocycles. The van der Waals surface area contributed by atoms with Gasteiger partial charge >= 0.3 is 5.97 Å². The number of hydrogen-bond acceptors (Lipinski definition) is 5. The van der Waals surface area contributed by atoms with Gasteiger partial charge in [0.25, 0.3) is 0 Å². The normalized spacial score (nSPS) is 14.2. The van der Waals surface area contributed by atoms with Crippen molar-refractivity contribution >= 4 is 36.5 Å². The molecule has 7 heteroatoms. The van der Waals surface area contributed by atoms with Crippen LogP contribution >= 0.6 is 24.8 Å². The molecule has 0 radical (unpaired) electrons. The van der Waals surface area contributed by atoms with Crippen LogP contribution in [0.15, 0.2) is 18.3 Å². The van der Waals surface area contributed by atoms with Gasteiger partial charge in [-0.2, -0.15) is 0 Å². The number of esters is 1. The molecule has 0 atom stereocenters. The maximum atomic E-state index is 11.2. The van der Waals surface area contributed by atoms with Crippen LogP contribution in [-0.2, 0) is 4.74 Å². The Morgan fingerprint density at radius 3 is 2.50 bits per heavy atom. The molecule has 0 amide bonds. The Hall–Kier alpha value is -1.04. The smallest absolute Gasteiger partial charge is 0.356 e. The van der Waals surface area contributed by atoms with E-state index in [1.165, 1.54) is 7.11 Å². The molecule has 1 aliphatic rings. The quantitative estimate of drug-likeness (QED) is 0.828. The van der Waals surface area contributed by atoms with E-state index < -0.39 is 5.97 Å². The highest BCUT2D eigenvalue weighted by Gasteiger charge is 2.12. The zero-order valence-corrected chi connectivity index (χ0v) is 11.7. The van der Waals surface area contributed by atoms with Crippen molar-refractivity contribution in [2.75, 3.05) is 38.2 Å². The van der Waals surface area contributed by atoms with E-state index >= 15 is 0 Å². The van der Waals surface area contributed by atoms with Crippen LogP contribution in [-0.4, -0.2) is 44.2 Å². The first kappa shape index (κ1) is 17.0. The standard InChI is InChI=1S/C11H15N3O2.2ClH/c1-16-11(15)10-3-2-9(8-13-10)14-6-4-12-5-7-14;;/h2-3,8,12H,4-7H2,1H3;2*1H. The zero-order valence-electron chi connectivity index (χ0n) is 10.1. The molecule has 1 N–H and O–H groups in total. The van der Waals surface area contributed by atoms with Gasteiger partial charge in [-0.05, 0) is 12.1 Å². The van der Waals surface area contributed by atoms with Gasteiger partial charge in [-0.25, -0.2) is 9.78 Å². The fraction of sp³-hybridized carbons (Fsp3) is 0.455. The number of anilines is 1. The Balaban J connectivity index is 0.00000144. The lowest BCUT2D eigenvalue weighted by Crippen LogP contribution is -2.43.